The number of nitrogens with one attached hydrogen (secondary N) is 1. The molecule has 2 saturated heterocycles. The van der Waals surface area contributed by atoms with Gasteiger partial charge in [-0.15, -0.1) is 0 Å². The Balaban J connectivity index is 1.33. The van der Waals surface area contributed by atoms with Gasteiger partial charge in [-0.2, -0.15) is 15.1 Å². The van der Waals surface area contributed by atoms with Crippen molar-refractivity contribution in [1.29, 1.82) is 0 Å². The summed E-state index contributed by atoms with van der Waals surface area (Å²) in [6.07, 6.45) is 5.43. The standard InChI is InChI=1S/C28H33ClF2N8O2/c1-17(30)27(40)38-11-9-37(10-12-38)25-19-6-4-8-39(15-21-20-14-32-35-23(20)13-22(31)24(21)29)26(19)34-28(33-25)41-16-18-5-3-7-36(18)2/h13-14,18H,1,3-12,15-16H2,2H3,(H,32,35)/t18-/m0/s1. The fourth-order valence-corrected chi connectivity index (χ4v) is 6.27. The van der Waals surface area contributed by atoms with E-state index in [1.54, 1.807) is 6.20 Å². The number of ether oxygens (including phenoxy) is 1. The molecule has 6 rings (SSSR count). The summed E-state index contributed by atoms with van der Waals surface area (Å²) in [6.45, 7) is 7.36. The van der Waals surface area contributed by atoms with Crippen molar-refractivity contribution in [1.82, 2.24) is 30.0 Å². The number of hydrogen-bond acceptors (Lipinski definition) is 8. The van der Waals surface area contributed by atoms with Crippen molar-refractivity contribution in [2.45, 2.75) is 38.3 Å². The Morgan fingerprint density at radius 1 is 1.17 bits per heavy atom. The van der Waals surface area contributed by atoms with Crippen LogP contribution in [-0.4, -0.2) is 94.8 Å². The van der Waals surface area contributed by atoms with Crippen LogP contribution in [0.1, 0.15) is 30.4 Å². The molecule has 218 valence electrons. The Bertz CT molecular complexity index is 1480. The SMILES string of the molecule is C=C(F)C(=O)N1CCN(c2nc(OC[C@@H]3CCCN3C)nc3c2CCCN3Cc2c(Cl)c(F)cc3[nH]ncc23)CC1. The third kappa shape index (κ3) is 5.42. The Hall–Kier alpha value is -3.51. The number of nitrogens with zero attached hydrogens (tertiary/aromatic N) is 7. The lowest BCUT2D eigenvalue weighted by atomic mass is 10.0. The second-order valence-electron chi connectivity index (χ2n) is 10.9. The highest BCUT2D eigenvalue weighted by Crippen LogP contribution is 2.37. The summed E-state index contributed by atoms with van der Waals surface area (Å²) in [5.41, 5.74) is 2.18. The number of H-pyrrole nitrogens is 1. The van der Waals surface area contributed by atoms with E-state index in [2.05, 4.69) is 38.5 Å². The van der Waals surface area contributed by atoms with Gasteiger partial charge in [-0.1, -0.05) is 18.2 Å². The molecule has 13 heteroatoms. The van der Waals surface area contributed by atoms with Crippen LogP contribution >= 0.6 is 11.6 Å². The number of benzene rings is 1. The number of rotatable bonds is 7. The first kappa shape index (κ1) is 27.6. The molecule has 1 aromatic carbocycles. The van der Waals surface area contributed by atoms with Crippen molar-refractivity contribution in [3.05, 3.63) is 46.6 Å². The molecular weight excluding hydrogens is 554 g/mol. The molecule has 2 fully saturated rings. The molecule has 0 saturated carbocycles. The molecule has 3 aliphatic heterocycles. The lowest BCUT2D eigenvalue weighted by Gasteiger charge is -2.38. The van der Waals surface area contributed by atoms with Crippen LogP contribution < -0.4 is 14.5 Å². The Morgan fingerprint density at radius 3 is 2.68 bits per heavy atom. The number of carbonyl (C=O) groups excluding carboxylic acids is 1. The van der Waals surface area contributed by atoms with Crippen LogP contribution in [0.25, 0.3) is 10.9 Å². The zero-order valence-corrected chi connectivity index (χ0v) is 23.8. The molecule has 1 amide bonds. The second kappa shape index (κ2) is 11.4. The number of piperazine rings is 1. The van der Waals surface area contributed by atoms with Gasteiger partial charge in [-0.3, -0.25) is 9.89 Å². The van der Waals surface area contributed by atoms with Gasteiger partial charge in [0.1, 0.15) is 24.1 Å². The monoisotopic (exact) mass is 586 g/mol. The van der Waals surface area contributed by atoms with Crippen LogP contribution in [0.2, 0.25) is 5.02 Å². The average molecular weight is 587 g/mol. The maximum atomic E-state index is 14.7. The highest BCUT2D eigenvalue weighted by Gasteiger charge is 2.31. The lowest BCUT2D eigenvalue weighted by Crippen LogP contribution is -2.49. The first-order valence-corrected chi connectivity index (χ1v) is 14.4. The maximum Gasteiger partial charge on any atom is 0.320 e. The van der Waals surface area contributed by atoms with E-state index in [9.17, 15) is 13.6 Å². The van der Waals surface area contributed by atoms with Crippen LogP contribution in [0.3, 0.4) is 0 Å². The zero-order valence-electron chi connectivity index (χ0n) is 23.0. The fraction of sp³-hybridized carbons (Fsp3) is 0.500. The zero-order chi connectivity index (χ0) is 28.7. The summed E-state index contributed by atoms with van der Waals surface area (Å²) in [4.78, 5) is 29.8. The first-order valence-electron chi connectivity index (χ1n) is 14.0. The van der Waals surface area contributed by atoms with Crippen molar-refractivity contribution in [3.8, 4) is 6.01 Å². The number of fused-ring (bicyclic) bond motifs is 2. The quantitative estimate of drug-likeness (QED) is 0.419. The van der Waals surface area contributed by atoms with Crippen LogP contribution in [0.4, 0.5) is 20.4 Å². The van der Waals surface area contributed by atoms with Crippen LogP contribution in [0, 0.1) is 5.82 Å². The van der Waals surface area contributed by atoms with E-state index in [0.717, 1.165) is 54.8 Å². The summed E-state index contributed by atoms with van der Waals surface area (Å²) in [7, 11) is 2.09. The molecule has 3 aliphatic rings. The number of likely N-dealkylation sites (N-methyl/N-ethyl adjacent to an activating group) is 1. The Morgan fingerprint density at radius 2 is 1.95 bits per heavy atom. The van der Waals surface area contributed by atoms with E-state index < -0.39 is 17.6 Å². The van der Waals surface area contributed by atoms with Gasteiger partial charge >= 0.3 is 6.01 Å². The van der Waals surface area contributed by atoms with Gasteiger partial charge < -0.3 is 24.3 Å². The number of aromatic amines is 1. The number of anilines is 2. The van der Waals surface area contributed by atoms with E-state index >= 15 is 0 Å². The van der Waals surface area contributed by atoms with Crippen molar-refractivity contribution in [2.24, 2.45) is 0 Å². The molecule has 5 heterocycles. The minimum atomic E-state index is -0.955. The normalized spacial score (nSPS) is 19.6. The highest BCUT2D eigenvalue weighted by molar-refractivity contribution is 6.32. The van der Waals surface area contributed by atoms with Crippen LogP contribution in [0.15, 0.2) is 24.7 Å². The Labute approximate surface area is 241 Å². The van der Waals surface area contributed by atoms with Crippen molar-refractivity contribution in [2.75, 3.05) is 62.7 Å². The molecule has 3 aromatic rings. The van der Waals surface area contributed by atoms with Gasteiger partial charge in [-0.05, 0) is 39.3 Å². The number of carbonyl (C=O) groups is 1. The minimum Gasteiger partial charge on any atom is -0.462 e. The summed E-state index contributed by atoms with van der Waals surface area (Å²) in [6, 6.07) is 1.92. The topological polar surface area (TPSA) is 93.7 Å². The van der Waals surface area contributed by atoms with Gasteiger partial charge in [0.15, 0.2) is 5.83 Å². The molecule has 1 N–H and O–H groups in total. The minimum absolute atomic E-state index is 0.0660. The lowest BCUT2D eigenvalue weighted by molar-refractivity contribution is -0.128. The number of amides is 1. The van der Waals surface area contributed by atoms with Gasteiger partial charge in [0.2, 0.25) is 0 Å². The summed E-state index contributed by atoms with van der Waals surface area (Å²) in [5, 5.41) is 7.74. The molecule has 0 radical (unpaired) electrons. The van der Waals surface area contributed by atoms with E-state index in [0.29, 0.717) is 57.0 Å². The number of halogens is 3. The fourth-order valence-electron chi connectivity index (χ4n) is 6.06. The number of hydrogen-bond donors (Lipinski definition) is 1. The molecule has 0 unspecified atom stereocenters. The smallest absolute Gasteiger partial charge is 0.320 e. The van der Waals surface area contributed by atoms with E-state index in [1.807, 2.05) is 0 Å². The molecule has 2 aromatic heterocycles. The molecule has 0 spiro atoms. The highest BCUT2D eigenvalue weighted by atomic mass is 35.5. The molecule has 10 nitrogen and oxygen atoms in total. The molecule has 1 atom stereocenters. The van der Waals surface area contributed by atoms with E-state index in [1.165, 1.54) is 11.0 Å². The average Bonchev–Trinajstić information content (AvgIpc) is 3.62. The van der Waals surface area contributed by atoms with Gasteiger partial charge in [0, 0.05) is 67.9 Å². The van der Waals surface area contributed by atoms with Crippen molar-refractivity contribution in [3.63, 3.8) is 0 Å². The molecular formula is C28H33ClF2N8O2. The third-order valence-electron chi connectivity index (χ3n) is 8.36. The number of likely N-dealkylation sites (tertiary alicyclic amines) is 1. The second-order valence-corrected chi connectivity index (χ2v) is 11.3. The molecule has 0 bridgehead atoms. The van der Waals surface area contributed by atoms with Gasteiger partial charge in [0.05, 0.1) is 16.7 Å². The van der Waals surface area contributed by atoms with Crippen LogP contribution in [0.5, 0.6) is 6.01 Å². The maximum absolute atomic E-state index is 14.7. The van der Waals surface area contributed by atoms with Gasteiger partial charge in [0.25, 0.3) is 5.91 Å². The molecule has 41 heavy (non-hydrogen) atoms. The van der Waals surface area contributed by atoms with E-state index in [4.69, 9.17) is 26.3 Å². The summed E-state index contributed by atoms with van der Waals surface area (Å²) in [5.74, 6) is -0.665. The van der Waals surface area contributed by atoms with Crippen LogP contribution in [-0.2, 0) is 17.8 Å². The van der Waals surface area contributed by atoms with Gasteiger partial charge in [-0.25, -0.2) is 8.78 Å². The van der Waals surface area contributed by atoms with Crippen molar-refractivity contribution >= 4 is 40.0 Å². The predicted molar refractivity (Wildman–Crippen MR) is 153 cm³/mol. The largest absolute Gasteiger partial charge is 0.462 e. The molecule has 0 aliphatic carbocycles. The summed E-state index contributed by atoms with van der Waals surface area (Å²) >= 11 is 6.48. The van der Waals surface area contributed by atoms with Crippen molar-refractivity contribution < 1.29 is 18.3 Å². The van der Waals surface area contributed by atoms with E-state index in [-0.39, 0.29) is 17.1 Å². The Kier molecular flexibility index (Phi) is 7.69. The number of aromatic nitrogens is 4. The first-order chi connectivity index (χ1) is 19.8. The predicted octanol–water partition coefficient (Wildman–Crippen LogP) is 3.70. The third-order valence-corrected chi connectivity index (χ3v) is 8.77. The summed E-state index contributed by atoms with van der Waals surface area (Å²) < 4.78 is 34.4.